The van der Waals surface area contributed by atoms with Crippen LogP contribution in [0, 0.1) is 5.92 Å². The van der Waals surface area contributed by atoms with E-state index >= 15 is 0 Å². The highest BCUT2D eigenvalue weighted by Crippen LogP contribution is 2.32. The topological polar surface area (TPSA) is 74.3 Å². The fourth-order valence-electron chi connectivity index (χ4n) is 3.90. The summed E-state index contributed by atoms with van der Waals surface area (Å²) in [4.78, 5) is 30.4. The van der Waals surface area contributed by atoms with Gasteiger partial charge in [0.25, 0.3) is 0 Å². The van der Waals surface area contributed by atoms with Crippen LogP contribution in [-0.4, -0.2) is 41.5 Å². The second kappa shape index (κ2) is 7.64. The summed E-state index contributed by atoms with van der Waals surface area (Å²) in [5.41, 5.74) is 1.15. The third-order valence-electron chi connectivity index (χ3n) is 5.28. The molecule has 1 atom stereocenters. The maximum Gasteiger partial charge on any atom is 0.318 e. The van der Waals surface area contributed by atoms with E-state index in [-0.39, 0.29) is 29.9 Å². The highest BCUT2D eigenvalue weighted by Gasteiger charge is 2.32. The molecule has 130 valence electrons. The van der Waals surface area contributed by atoms with Crippen molar-refractivity contribution < 1.29 is 9.59 Å². The number of pyridine rings is 1. The summed E-state index contributed by atoms with van der Waals surface area (Å²) in [5, 5.41) is 5.90. The van der Waals surface area contributed by atoms with E-state index in [1.807, 2.05) is 17.0 Å². The van der Waals surface area contributed by atoms with Gasteiger partial charge in [0.15, 0.2) is 0 Å². The Morgan fingerprint density at radius 2 is 1.83 bits per heavy atom. The summed E-state index contributed by atoms with van der Waals surface area (Å²) in [7, 11) is 1.68. The van der Waals surface area contributed by atoms with Gasteiger partial charge in [-0.2, -0.15) is 0 Å². The van der Waals surface area contributed by atoms with Crippen LogP contribution in [0.5, 0.6) is 0 Å². The molecule has 2 N–H and O–H groups in total. The van der Waals surface area contributed by atoms with Gasteiger partial charge in [0.1, 0.15) is 0 Å². The number of nitrogens with zero attached hydrogens (tertiary/aromatic N) is 2. The molecule has 0 bridgehead atoms. The van der Waals surface area contributed by atoms with Crippen LogP contribution in [0.2, 0.25) is 0 Å². The van der Waals surface area contributed by atoms with Gasteiger partial charge in [0.05, 0.1) is 6.04 Å². The molecule has 3 rings (SSSR count). The molecule has 1 unspecified atom stereocenters. The van der Waals surface area contributed by atoms with Crippen molar-refractivity contribution in [3.63, 3.8) is 0 Å². The zero-order valence-electron chi connectivity index (χ0n) is 14.2. The summed E-state index contributed by atoms with van der Waals surface area (Å²) in [6, 6.07) is 4.33. The van der Waals surface area contributed by atoms with Crippen molar-refractivity contribution >= 4 is 11.9 Å². The largest absolute Gasteiger partial charge is 0.359 e. The SMILES string of the molecule is CNC(=O)C1CCC(NC(=O)N2CCCC2c2ccncc2)CC1. The first kappa shape index (κ1) is 16.7. The number of likely N-dealkylation sites (tertiary alicyclic amines) is 1. The number of nitrogens with one attached hydrogen (secondary N) is 2. The van der Waals surface area contributed by atoms with Crippen LogP contribution < -0.4 is 10.6 Å². The summed E-state index contributed by atoms with van der Waals surface area (Å²) in [5.74, 6) is 0.219. The van der Waals surface area contributed by atoms with E-state index < -0.39 is 0 Å². The van der Waals surface area contributed by atoms with Crippen LogP contribution in [0.25, 0.3) is 0 Å². The van der Waals surface area contributed by atoms with Crippen molar-refractivity contribution in [2.45, 2.75) is 50.6 Å². The number of hydrogen-bond donors (Lipinski definition) is 2. The number of amides is 3. The smallest absolute Gasteiger partial charge is 0.318 e. The fraction of sp³-hybridized carbons (Fsp3) is 0.611. The first-order valence-electron chi connectivity index (χ1n) is 8.87. The van der Waals surface area contributed by atoms with Crippen LogP contribution in [0.3, 0.4) is 0 Å². The summed E-state index contributed by atoms with van der Waals surface area (Å²) in [6.07, 6.45) is 9.03. The number of aromatic nitrogens is 1. The molecule has 1 aliphatic carbocycles. The molecule has 2 aliphatic rings. The van der Waals surface area contributed by atoms with Gasteiger partial charge in [-0.15, -0.1) is 0 Å². The predicted octanol–water partition coefficient (Wildman–Crippen LogP) is 2.23. The maximum absolute atomic E-state index is 12.7. The minimum atomic E-state index is 0.0257. The Balaban J connectivity index is 1.54. The Kier molecular flexibility index (Phi) is 5.33. The van der Waals surface area contributed by atoms with E-state index in [0.717, 1.165) is 50.6 Å². The van der Waals surface area contributed by atoms with Crippen LogP contribution in [0.4, 0.5) is 4.79 Å². The fourth-order valence-corrected chi connectivity index (χ4v) is 3.90. The van der Waals surface area contributed by atoms with Crippen LogP contribution >= 0.6 is 0 Å². The van der Waals surface area contributed by atoms with Gasteiger partial charge >= 0.3 is 6.03 Å². The number of urea groups is 1. The van der Waals surface area contributed by atoms with Gasteiger partial charge in [-0.3, -0.25) is 9.78 Å². The van der Waals surface area contributed by atoms with Gasteiger partial charge < -0.3 is 15.5 Å². The number of carbonyl (C=O) groups is 2. The van der Waals surface area contributed by atoms with Gasteiger partial charge in [-0.05, 0) is 56.2 Å². The number of hydrogen-bond acceptors (Lipinski definition) is 3. The minimum Gasteiger partial charge on any atom is -0.359 e. The Labute approximate surface area is 143 Å². The van der Waals surface area contributed by atoms with Gasteiger partial charge in [0.2, 0.25) is 5.91 Å². The van der Waals surface area contributed by atoms with Crippen LogP contribution in [-0.2, 0) is 4.79 Å². The zero-order valence-corrected chi connectivity index (χ0v) is 14.2. The normalized spacial score (nSPS) is 26.9. The molecule has 0 aromatic carbocycles. The number of rotatable bonds is 3. The Bertz CT molecular complexity index is 570. The molecule has 6 heteroatoms. The molecule has 1 aliphatic heterocycles. The highest BCUT2D eigenvalue weighted by atomic mass is 16.2. The average Bonchev–Trinajstić information content (AvgIpc) is 3.12. The van der Waals surface area contributed by atoms with Gasteiger partial charge in [0, 0.05) is 37.9 Å². The zero-order chi connectivity index (χ0) is 16.9. The van der Waals surface area contributed by atoms with Crippen molar-refractivity contribution in [3.05, 3.63) is 30.1 Å². The van der Waals surface area contributed by atoms with Gasteiger partial charge in [-0.1, -0.05) is 0 Å². The van der Waals surface area contributed by atoms with E-state index in [9.17, 15) is 9.59 Å². The molecular formula is C18H26N4O2. The molecule has 2 heterocycles. The Morgan fingerprint density at radius 3 is 2.50 bits per heavy atom. The molecule has 0 radical (unpaired) electrons. The minimum absolute atomic E-state index is 0.0257. The highest BCUT2D eigenvalue weighted by molar-refractivity contribution is 5.78. The lowest BCUT2D eigenvalue weighted by molar-refractivity contribution is -0.125. The van der Waals surface area contributed by atoms with Crippen LogP contribution in [0.15, 0.2) is 24.5 Å². The summed E-state index contributed by atoms with van der Waals surface area (Å²) in [6.45, 7) is 0.798. The molecule has 1 aromatic heterocycles. The molecule has 1 aromatic rings. The third kappa shape index (κ3) is 3.68. The van der Waals surface area contributed by atoms with E-state index in [1.165, 1.54) is 0 Å². The molecule has 6 nitrogen and oxygen atoms in total. The van der Waals surface area contributed by atoms with Gasteiger partial charge in [-0.25, -0.2) is 4.79 Å². The Hall–Kier alpha value is -2.11. The monoisotopic (exact) mass is 330 g/mol. The maximum atomic E-state index is 12.7. The first-order chi connectivity index (χ1) is 11.7. The van der Waals surface area contributed by atoms with E-state index in [0.29, 0.717) is 0 Å². The van der Waals surface area contributed by atoms with Crippen LogP contribution in [0.1, 0.15) is 50.1 Å². The second-order valence-electron chi connectivity index (χ2n) is 6.74. The Morgan fingerprint density at radius 1 is 1.12 bits per heavy atom. The molecule has 1 saturated carbocycles. The number of carbonyl (C=O) groups excluding carboxylic acids is 2. The summed E-state index contributed by atoms with van der Waals surface area (Å²) < 4.78 is 0. The van der Waals surface area contributed by atoms with E-state index in [4.69, 9.17) is 0 Å². The van der Waals surface area contributed by atoms with E-state index in [2.05, 4.69) is 15.6 Å². The molecular weight excluding hydrogens is 304 g/mol. The predicted molar refractivity (Wildman–Crippen MR) is 91.3 cm³/mol. The van der Waals surface area contributed by atoms with Crippen molar-refractivity contribution in [2.75, 3.05) is 13.6 Å². The standard InChI is InChI=1S/C18H26N4O2/c1-19-17(23)14-4-6-15(7-5-14)21-18(24)22-12-2-3-16(22)13-8-10-20-11-9-13/h8-11,14-16H,2-7,12H2,1H3,(H,19,23)(H,21,24). The second-order valence-corrected chi connectivity index (χ2v) is 6.74. The van der Waals surface area contributed by atoms with Crippen molar-refractivity contribution in [1.82, 2.24) is 20.5 Å². The molecule has 24 heavy (non-hydrogen) atoms. The third-order valence-corrected chi connectivity index (χ3v) is 5.28. The lowest BCUT2D eigenvalue weighted by Crippen LogP contribution is -2.46. The van der Waals surface area contributed by atoms with Crippen molar-refractivity contribution in [1.29, 1.82) is 0 Å². The lowest BCUT2D eigenvalue weighted by atomic mass is 9.85. The summed E-state index contributed by atoms with van der Waals surface area (Å²) >= 11 is 0. The molecule has 0 spiro atoms. The quantitative estimate of drug-likeness (QED) is 0.892. The molecule has 2 fully saturated rings. The van der Waals surface area contributed by atoms with E-state index in [1.54, 1.807) is 19.4 Å². The average molecular weight is 330 g/mol. The van der Waals surface area contributed by atoms with Crippen molar-refractivity contribution in [3.8, 4) is 0 Å². The molecule has 3 amide bonds. The molecule has 1 saturated heterocycles. The van der Waals surface area contributed by atoms with Crippen molar-refractivity contribution in [2.24, 2.45) is 5.92 Å². The lowest BCUT2D eigenvalue weighted by Gasteiger charge is -2.31. The first-order valence-corrected chi connectivity index (χ1v) is 8.87.